The number of amides is 1. The number of nitrogens with one attached hydrogen (secondary N) is 1. The second-order valence-electron chi connectivity index (χ2n) is 5.18. The Morgan fingerprint density at radius 1 is 1.21 bits per heavy atom. The van der Waals surface area contributed by atoms with Crippen molar-refractivity contribution in [3.63, 3.8) is 0 Å². The summed E-state index contributed by atoms with van der Waals surface area (Å²) in [5.41, 5.74) is 2.82. The SMILES string of the molecule is Cc1cc(C(=O)Nc2ccc(Cl)c(C#N)c2)nn1-c1ccccc1. The molecule has 118 valence electrons. The van der Waals surface area contributed by atoms with Crippen molar-refractivity contribution in [2.75, 3.05) is 5.32 Å². The van der Waals surface area contributed by atoms with Crippen LogP contribution < -0.4 is 5.32 Å². The van der Waals surface area contributed by atoms with Gasteiger partial charge < -0.3 is 5.32 Å². The predicted molar refractivity (Wildman–Crippen MR) is 92.4 cm³/mol. The molecular weight excluding hydrogens is 324 g/mol. The molecule has 0 unspecified atom stereocenters. The lowest BCUT2D eigenvalue weighted by atomic mass is 10.2. The Kier molecular flexibility index (Phi) is 4.32. The number of anilines is 1. The summed E-state index contributed by atoms with van der Waals surface area (Å²) >= 11 is 5.89. The Labute approximate surface area is 144 Å². The number of rotatable bonds is 3. The van der Waals surface area contributed by atoms with Gasteiger partial charge in [-0.1, -0.05) is 29.8 Å². The Morgan fingerprint density at radius 2 is 1.96 bits per heavy atom. The zero-order valence-electron chi connectivity index (χ0n) is 12.8. The molecule has 0 aliphatic rings. The number of hydrogen-bond acceptors (Lipinski definition) is 3. The molecule has 1 aromatic heterocycles. The van der Waals surface area contributed by atoms with Crippen LogP contribution in [0.4, 0.5) is 5.69 Å². The van der Waals surface area contributed by atoms with Gasteiger partial charge in [-0.2, -0.15) is 10.4 Å². The number of carbonyl (C=O) groups is 1. The molecule has 0 bridgehead atoms. The van der Waals surface area contributed by atoms with Crippen molar-refractivity contribution in [1.29, 1.82) is 5.26 Å². The highest BCUT2D eigenvalue weighted by Gasteiger charge is 2.14. The first-order chi connectivity index (χ1) is 11.6. The molecule has 0 spiro atoms. The maximum Gasteiger partial charge on any atom is 0.276 e. The summed E-state index contributed by atoms with van der Waals surface area (Å²) in [6.07, 6.45) is 0. The van der Waals surface area contributed by atoms with Crippen LogP contribution >= 0.6 is 11.6 Å². The average Bonchev–Trinajstić information content (AvgIpc) is 2.99. The quantitative estimate of drug-likeness (QED) is 0.787. The first-order valence-electron chi connectivity index (χ1n) is 7.21. The smallest absolute Gasteiger partial charge is 0.276 e. The third-order valence-electron chi connectivity index (χ3n) is 3.47. The van der Waals surface area contributed by atoms with E-state index in [2.05, 4.69) is 10.4 Å². The first-order valence-corrected chi connectivity index (χ1v) is 7.59. The van der Waals surface area contributed by atoms with Gasteiger partial charge >= 0.3 is 0 Å². The highest BCUT2D eigenvalue weighted by Crippen LogP contribution is 2.20. The molecule has 0 aliphatic carbocycles. The highest BCUT2D eigenvalue weighted by atomic mass is 35.5. The second-order valence-corrected chi connectivity index (χ2v) is 5.59. The van der Waals surface area contributed by atoms with Crippen LogP contribution in [0.25, 0.3) is 5.69 Å². The Balaban J connectivity index is 1.85. The molecule has 6 heteroatoms. The average molecular weight is 337 g/mol. The van der Waals surface area contributed by atoms with E-state index in [0.717, 1.165) is 11.4 Å². The van der Waals surface area contributed by atoms with E-state index in [4.69, 9.17) is 16.9 Å². The minimum Gasteiger partial charge on any atom is -0.321 e. The van der Waals surface area contributed by atoms with Crippen molar-refractivity contribution in [2.24, 2.45) is 0 Å². The van der Waals surface area contributed by atoms with Gasteiger partial charge in [-0.3, -0.25) is 4.79 Å². The number of benzene rings is 2. The Bertz CT molecular complexity index is 941. The molecule has 2 aromatic carbocycles. The molecule has 24 heavy (non-hydrogen) atoms. The summed E-state index contributed by atoms with van der Waals surface area (Å²) in [6, 6.07) is 18.0. The van der Waals surface area contributed by atoms with E-state index in [1.165, 1.54) is 6.07 Å². The molecule has 0 aliphatic heterocycles. The Hall–Kier alpha value is -3.10. The minimum absolute atomic E-state index is 0.296. The van der Waals surface area contributed by atoms with Crippen molar-refractivity contribution < 1.29 is 4.79 Å². The predicted octanol–water partition coefficient (Wildman–Crippen LogP) is 3.96. The number of aryl methyl sites for hydroxylation is 1. The van der Waals surface area contributed by atoms with Crippen LogP contribution in [0, 0.1) is 18.3 Å². The summed E-state index contributed by atoms with van der Waals surface area (Å²) in [5.74, 6) is -0.348. The highest BCUT2D eigenvalue weighted by molar-refractivity contribution is 6.31. The molecule has 0 atom stereocenters. The van der Waals surface area contributed by atoms with Gasteiger partial charge in [-0.25, -0.2) is 4.68 Å². The van der Waals surface area contributed by atoms with Crippen LogP contribution in [-0.4, -0.2) is 15.7 Å². The zero-order valence-corrected chi connectivity index (χ0v) is 13.6. The number of hydrogen-bond donors (Lipinski definition) is 1. The molecule has 1 amide bonds. The van der Waals surface area contributed by atoms with Crippen LogP contribution in [-0.2, 0) is 0 Å². The lowest BCUT2D eigenvalue weighted by Gasteiger charge is -2.05. The number of nitriles is 1. The topological polar surface area (TPSA) is 70.7 Å². The van der Waals surface area contributed by atoms with Gasteiger partial charge in [0.2, 0.25) is 0 Å². The molecule has 0 saturated heterocycles. The summed E-state index contributed by atoms with van der Waals surface area (Å²) in [5, 5.41) is 16.4. The van der Waals surface area contributed by atoms with Crippen molar-refractivity contribution in [3.8, 4) is 11.8 Å². The van der Waals surface area contributed by atoms with Gasteiger partial charge in [0.1, 0.15) is 6.07 Å². The lowest BCUT2D eigenvalue weighted by molar-refractivity contribution is 0.102. The Morgan fingerprint density at radius 3 is 2.67 bits per heavy atom. The molecule has 1 N–H and O–H groups in total. The monoisotopic (exact) mass is 336 g/mol. The summed E-state index contributed by atoms with van der Waals surface area (Å²) in [4.78, 5) is 12.4. The van der Waals surface area contributed by atoms with Crippen molar-refractivity contribution in [2.45, 2.75) is 6.92 Å². The van der Waals surface area contributed by atoms with Crippen LogP contribution in [0.1, 0.15) is 21.7 Å². The molecule has 3 rings (SSSR count). The van der Waals surface area contributed by atoms with E-state index in [-0.39, 0.29) is 5.91 Å². The number of para-hydroxylation sites is 1. The molecule has 3 aromatic rings. The van der Waals surface area contributed by atoms with Gasteiger partial charge in [-0.05, 0) is 43.3 Å². The lowest BCUT2D eigenvalue weighted by Crippen LogP contribution is -2.13. The van der Waals surface area contributed by atoms with Crippen LogP contribution in [0.2, 0.25) is 5.02 Å². The fourth-order valence-electron chi connectivity index (χ4n) is 2.30. The van der Waals surface area contributed by atoms with Gasteiger partial charge in [0.25, 0.3) is 5.91 Å². The van der Waals surface area contributed by atoms with Gasteiger partial charge in [0.05, 0.1) is 16.3 Å². The van der Waals surface area contributed by atoms with Crippen LogP contribution in [0.15, 0.2) is 54.6 Å². The minimum atomic E-state index is -0.348. The van der Waals surface area contributed by atoms with E-state index >= 15 is 0 Å². The second kappa shape index (κ2) is 6.57. The van der Waals surface area contributed by atoms with E-state index in [0.29, 0.717) is 22.0 Å². The molecule has 1 heterocycles. The van der Waals surface area contributed by atoms with Crippen molar-refractivity contribution in [3.05, 3.63) is 76.6 Å². The molecule has 5 nitrogen and oxygen atoms in total. The van der Waals surface area contributed by atoms with E-state index in [1.807, 2.05) is 43.3 Å². The fraction of sp³-hybridized carbons (Fsp3) is 0.0556. The number of nitrogens with zero attached hydrogens (tertiary/aromatic N) is 3. The summed E-state index contributed by atoms with van der Waals surface area (Å²) in [6.45, 7) is 1.88. The summed E-state index contributed by atoms with van der Waals surface area (Å²) < 4.78 is 1.71. The van der Waals surface area contributed by atoms with Crippen molar-refractivity contribution in [1.82, 2.24) is 9.78 Å². The fourth-order valence-corrected chi connectivity index (χ4v) is 2.46. The third kappa shape index (κ3) is 3.14. The van der Waals surface area contributed by atoms with Gasteiger partial charge in [0.15, 0.2) is 5.69 Å². The molecule has 0 saturated carbocycles. The third-order valence-corrected chi connectivity index (χ3v) is 3.80. The van der Waals surface area contributed by atoms with Gasteiger partial charge in [-0.15, -0.1) is 0 Å². The number of aromatic nitrogens is 2. The van der Waals surface area contributed by atoms with E-state index in [9.17, 15) is 4.79 Å². The van der Waals surface area contributed by atoms with Crippen LogP contribution in [0.5, 0.6) is 0 Å². The standard InChI is InChI=1S/C18H13ClN4O/c1-12-9-17(22-23(12)15-5-3-2-4-6-15)18(24)21-14-7-8-16(19)13(10-14)11-20/h2-10H,1H3,(H,21,24). The van der Waals surface area contributed by atoms with Gasteiger partial charge in [0, 0.05) is 11.4 Å². The normalized spacial score (nSPS) is 10.2. The first kappa shape index (κ1) is 15.8. The van der Waals surface area contributed by atoms with E-state index < -0.39 is 0 Å². The maximum absolute atomic E-state index is 12.4. The molecular formula is C18H13ClN4O. The molecule has 0 fully saturated rings. The zero-order chi connectivity index (χ0) is 17.1. The number of halogens is 1. The van der Waals surface area contributed by atoms with E-state index in [1.54, 1.807) is 22.9 Å². The maximum atomic E-state index is 12.4. The number of carbonyl (C=O) groups excluding carboxylic acids is 1. The van der Waals surface area contributed by atoms with Crippen molar-refractivity contribution >= 4 is 23.2 Å². The summed E-state index contributed by atoms with van der Waals surface area (Å²) in [7, 11) is 0. The molecule has 0 radical (unpaired) electrons. The van der Waals surface area contributed by atoms with Crippen LogP contribution in [0.3, 0.4) is 0 Å². The largest absolute Gasteiger partial charge is 0.321 e.